The number of thiazole rings is 1. The van der Waals surface area contributed by atoms with Crippen LogP contribution in [0, 0.1) is 6.92 Å². The Labute approximate surface area is 151 Å². The number of carbonyl (C=O) groups excluding carboxylic acids is 1. The number of amides is 1. The zero-order valence-corrected chi connectivity index (χ0v) is 14.9. The molecule has 0 radical (unpaired) electrons. The molecule has 0 saturated carbocycles. The van der Waals surface area contributed by atoms with Crippen LogP contribution in [0.15, 0.2) is 48.1 Å². The molecule has 1 amide bonds. The monoisotopic (exact) mass is 349 g/mol. The van der Waals surface area contributed by atoms with Crippen molar-refractivity contribution in [3.8, 4) is 10.6 Å². The summed E-state index contributed by atoms with van der Waals surface area (Å²) in [5.41, 5.74) is 5.39. The van der Waals surface area contributed by atoms with Crippen LogP contribution in [-0.2, 0) is 17.6 Å². The third-order valence-electron chi connectivity index (χ3n) is 4.45. The van der Waals surface area contributed by atoms with E-state index in [1.165, 1.54) is 11.1 Å². The smallest absolute Gasteiger partial charge is 0.233 e. The number of rotatable bonds is 3. The Balaban J connectivity index is 1.53. The van der Waals surface area contributed by atoms with Crippen LogP contribution >= 0.6 is 11.3 Å². The summed E-state index contributed by atoms with van der Waals surface area (Å²) in [5, 5.41) is 2.88. The SMILES string of the molecule is Cc1ccc2c(c1)CCCN2C(=O)Cc1csc(-c2cccnc2)n1. The van der Waals surface area contributed by atoms with Gasteiger partial charge in [-0.1, -0.05) is 17.7 Å². The number of anilines is 1. The van der Waals surface area contributed by atoms with Crippen molar-refractivity contribution in [3.05, 3.63) is 64.9 Å². The van der Waals surface area contributed by atoms with E-state index < -0.39 is 0 Å². The molecule has 126 valence electrons. The lowest BCUT2D eigenvalue weighted by atomic mass is 9.99. The van der Waals surface area contributed by atoms with E-state index in [0.717, 1.165) is 41.3 Å². The summed E-state index contributed by atoms with van der Waals surface area (Å²) in [7, 11) is 0. The molecule has 0 aliphatic carbocycles. The van der Waals surface area contributed by atoms with Gasteiger partial charge in [-0.2, -0.15) is 0 Å². The number of aryl methyl sites for hydroxylation is 2. The van der Waals surface area contributed by atoms with Crippen molar-refractivity contribution in [1.82, 2.24) is 9.97 Å². The third-order valence-corrected chi connectivity index (χ3v) is 5.39. The first-order valence-corrected chi connectivity index (χ1v) is 9.33. The first kappa shape index (κ1) is 16.0. The highest BCUT2D eigenvalue weighted by Gasteiger charge is 2.23. The standard InChI is InChI=1S/C20H19N3OS/c1-14-6-7-18-15(10-14)5-3-9-23(18)19(24)11-17-13-25-20(22-17)16-4-2-8-21-12-16/h2,4,6-8,10,12-13H,3,5,9,11H2,1H3. The fourth-order valence-electron chi connectivity index (χ4n) is 3.25. The Morgan fingerprint density at radius 1 is 1.32 bits per heavy atom. The minimum atomic E-state index is 0.118. The Kier molecular flexibility index (Phi) is 4.32. The average molecular weight is 349 g/mol. The van der Waals surface area contributed by atoms with E-state index in [-0.39, 0.29) is 5.91 Å². The highest BCUT2D eigenvalue weighted by Crippen LogP contribution is 2.29. The van der Waals surface area contributed by atoms with Gasteiger partial charge in [0.15, 0.2) is 0 Å². The lowest BCUT2D eigenvalue weighted by molar-refractivity contribution is -0.118. The van der Waals surface area contributed by atoms with Crippen LogP contribution in [0.5, 0.6) is 0 Å². The second-order valence-electron chi connectivity index (χ2n) is 6.34. The molecule has 0 fully saturated rings. The molecule has 3 aromatic rings. The first-order chi connectivity index (χ1) is 12.2. The molecule has 1 aromatic carbocycles. The minimum absolute atomic E-state index is 0.118. The van der Waals surface area contributed by atoms with Gasteiger partial charge in [0.1, 0.15) is 5.01 Å². The third kappa shape index (κ3) is 3.33. The molecule has 4 nitrogen and oxygen atoms in total. The van der Waals surface area contributed by atoms with Crippen molar-refractivity contribution in [2.24, 2.45) is 0 Å². The van der Waals surface area contributed by atoms with Crippen molar-refractivity contribution < 1.29 is 4.79 Å². The van der Waals surface area contributed by atoms with Gasteiger partial charge < -0.3 is 4.90 Å². The highest BCUT2D eigenvalue weighted by atomic mass is 32.1. The topological polar surface area (TPSA) is 46.1 Å². The van der Waals surface area contributed by atoms with Gasteiger partial charge in [0.2, 0.25) is 5.91 Å². The normalized spacial score (nSPS) is 13.6. The van der Waals surface area contributed by atoms with Crippen LogP contribution in [0.2, 0.25) is 0 Å². The number of hydrogen-bond acceptors (Lipinski definition) is 4. The number of fused-ring (bicyclic) bond motifs is 1. The van der Waals surface area contributed by atoms with E-state index in [9.17, 15) is 4.79 Å². The van der Waals surface area contributed by atoms with Gasteiger partial charge in [-0.3, -0.25) is 9.78 Å². The number of benzene rings is 1. The molecule has 1 aliphatic rings. The van der Waals surface area contributed by atoms with Crippen molar-refractivity contribution in [2.45, 2.75) is 26.2 Å². The van der Waals surface area contributed by atoms with Gasteiger partial charge in [-0.15, -0.1) is 11.3 Å². The molecule has 4 rings (SSSR count). The number of aromatic nitrogens is 2. The van der Waals surface area contributed by atoms with Gasteiger partial charge >= 0.3 is 0 Å². The summed E-state index contributed by atoms with van der Waals surface area (Å²) in [4.78, 5) is 23.5. The first-order valence-electron chi connectivity index (χ1n) is 8.45. The molecular weight excluding hydrogens is 330 g/mol. The Bertz CT molecular complexity index is 904. The van der Waals surface area contributed by atoms with Gasteiger partial charge in [-0.05, 0) is 43.5 Å². The number of pyridine rings is 1. The van der Waals surface area contributed by atoms with E-state index in [2.05, 4.69) is 35.1 Å². The maximum Gasteiger partial charge on any atom is 0.233 e. The molecule has 0 spiro atoms. The Hall–Kier alpha value is -2.53. The predicted molar refractivity (Wildman–Crippen MR) is 101 cm³/mol. The molecule has 25 heavy (non-hydrogen) atoms. The van der Waals surface area contributed by atoms with E-state index in [0.29, 0.717) is 6.42 Å². The van der Waals surface area contributed by atoms with Crippen molar-refractivity contribution >= 4 is 22.9 Å². The summed E-state index contributed by atoms with van der Waals surface area (Å²) in [5.74, 6) is 0.118. The minimum Gasteiger partial charge on any atom is -0.312 e. The van der Waals surface area contributed by atoms with Crippen molar-refractivity contribution in [1.29, 1.82) is 0 Å². The molecule has 5 heteroatoms. The molecule has 0 bridgehead atoms. The summed E-state index contributed by atoms with van der Waals surface area (Å²) < 4.78 is 0. The quantitative estimate of drug-likeness (QED) is 0.717. The highest BCUT2D eigenvalue weighted by molar-refractivity contribution is 7.13. The van der Waals surface area contributed by atoms with E-state index in [1.807, 2.05) is 22.4 Å². The van der Waals surface area contributed by atoms with Gasteiger partial charge in [0, 0.05) is 35.6 Å². The number of hydrogen-bond donors (Lipinski definition) is 0. The molecule has 0 saturated heterocycles. The van der Waals surface area contributed by atoms with Gasteiger partial charge in [0.05, 0.1) is 12.1 Å². The fourth-order valence-corrected chi connectivity index (χ4v) is 4.06. The summed E-state index contributed by atoms with van der Waals surface area (Å²) in [6, 6.07) is 10.2. The second-order valence-corrected chi connectivity index (χ2v) is 7.20. The average Bonchev–Trinajstić information content (AvgIpc) is 3.10. The van der Waals surface area contributed by atoms with Crippen LogP contribution in [0.25, 0.3) is 10.6 Å². The van der Waals surface area contributed by atoms with Gasteiger partial charge in [0.25, 0.3) is 0 Å². The van der Waals surface area contributed by atoms with E-state index >= 15 is 0 Å². The Morgan fingerprint density at radius 2 is 2.24 bits per heavy atom. The van der Waals surface area contributed by atoms with Crippen LogP contribution in [-0.4, -0.2) is 22.4 Å². The largest absolute Gasteiger partial charge is 0.312 e. The predicted octanol–water partition coefficient (Wildman–Crippen LogP) is 4.04. The van der Waals surface area contributed by atoms with Crippen LogP contribution in [0.4, 0.5) is 5.69 Å². The van der Waals surface area contributed by atoms with Gasteiger partial charge in [-0.25, -0.2) is 4.98 Å². The maximum absolute atomic E-state index is 12.8. The molecular formula is C20H19N3OS. The summed E-state index contributed by atoms with van der Waals surface area (Å²) in [6.07, 6.45) is 5.94. The summed E-state index contributed by atoms with van der Waals surface area (Å²) >= 11 is 1.56. The molecule has 0 atom stereocenters. The van der Waals surface area contributed by atoms with Crippen molar-refractivity contribution in [3.63, 3.8) is 0 Å². The van der Waals surface area contributed by atoms with E-state index in [4.69, 9.17) is 0 Å². The Morgan fingerprint density at radius 3 is 3.08 bits per heavy atom. The van der Waals surface area contributed by atoms with Crippen molar-refractivity contribution in [2.75, 3.05) is 11.4 Å². The molecule has 1 aliphatic heterocycles. The molecule has 0 unspecified atom stereocenters. The molecule has 2 aromatic heterocycles. The van der Waals surface area contributed by atoms with Crippen LogP contribution in [0.3, 0.4) is 0 Å². The summed E-state index contributed by atoms with van der Waals surface area (Å²) in [6.45, 7) is 2.88. The molecule has 3 heterocycles. The zero-order valence-electron chi connectivity index (χ0n) is 14.1. The number of carbonyl (C=O) groups is 1. The molecule has 0 N–H and O–H groups in total. The van der Waals surface area contributed by atoms with Crippen LogP contribution in [0.1, 0.15) is 23.2 Å². The van der Waals surface area contributed by atoms with E-state index in [1.54, 1.807) is 23.7 Å². The zero-order chi connectivity index (χ0) is 17.2. The second kappa shape index (κ2) is 6.76. The van der Waals surface area contributed by atoms with Crippen LogP contribution < -0.4 is 4.90 Å². The lowest BCUT2D eigenvalue weighted by Crippen LogP contribution is -2.36. The number of nitrogens with zero attached hydrogens (tertiary/aromatic N) is 3. The fraction of sp³-hybridized carbons (Fsp3) is 0.250. The maximum atomic E-state index is 12.8. The lowest BCUT2D eigenvalue weighted by Gasteiger charge is -2.29.